The van der Waals surface area contributed by atoms with Crippen LogP contribution in [0.1, 0.15) is 21.7 Å². The third kappa shape index (κ3) is 4.40. The molecule has 1 amide bonds. The number of hydrogen-bond acceptors (Lipinski definition) is 6. The number of aryl methyl sites for hydroxylation is 1. The Labute approximate surface area is 161 Å². The van der Waals surface area contributed by atoms with Crippen LogP contribution in [0.3, 0.4) is 0 Å². The number of hydrogen-bond donors (Lipinski definition) is 1. The Balaban J connectivity index is 1.75. The fourth-order valence-electron chi connectivity index (χ4n) is 2.43. The van der Waals surface area contributed by atoms with E-state index in [4.69, 9.17) is 9.47 Å². The van der Waals surface area contributed by atoms with E-state index in [1.807, 2.05) is 30.3 Å². The zero-order valence-electron chi connectivity index (χ0n) is 15.3. The number of amides is 1. The molecule has 1 aromatic heterocycles. The van der Waals surface area contributed by atoms with Gasteiger partial charge >= 0.3 is 0 Å². The quantitative estimate of drug-likeness (QED) is 0.630. The molecule has 0 saturated carbocycles. The van der Waals surface area contributed by atoms with Crippen molar-refractivity contribution in [2.75, 3.05) is 19.6 Å². The lowest BCUT2D eigenvalue weighted by Crippen LogP contribution is -2.24. The van der Waals surface area contributed by atoms with Crippen molar-refractivity contribution in [1.82, 2.24) is 14.9 Å². The summed E-state index contributed by atoms with van der Waals surface area (Å²) in [5.41, 5.74) is 4.45. The van der Waals surface area contributed by atoms with Gasteiger partial charge in [0.1, 0.15) is 5.82 Å². The molecule has 3 aromatic rings. The lowest BCUT2D eigenvalue weighted by molar-refractivity contribution is 0.100. The Morgan fingerprint density at radius 3 is 2.52 bits per heavy atom. The molecule has 0 saturated heterocycles. The van der Waals surface area contributed by atoms with E-state index >= 15 is 0 Å². The summed E-state index contributed by atoms with van der Waals surface area (Å²) in [4.78, 5) is 12.7. The molecule has 0 fully saturated rings. The molecule has 0 unspecified atom stereocenters. The minimum absolute atomic E-state index is 0.291. The first-order valence-electron chi connectivity index (χ1n) is 8.24. The molecule has 27 heavy (non-hydrogen) atoms. The van der Waals surface area contributed by atoms with Gasteiger partial charge in [-0.3, -0.25) is 10.2 Å². The SMILES string of the molecule is COc1ccc(C(=O)Nn2c(C)nnc2SCc2ccccc2)cc1OC. The van der Waals surface area contributed by atoms with Gasteiger partial charge in [0.2, 0.25) is 5.16 Å². The van der Waals surface area contributed by atoms with Crippen LogP contribution in [0.4, 0.5) is 0 Å². The average Bonchev–Trinajstić information content (AvgIpc) is 3.06. The first-order valence-corrected chi connectivity index (χ1v) is 9.23. The van der Waals surface area contributed by atoms with Crippen LogP contribution in [0, 0.1) is 6.92 Å². The fourth-order valence-corrected chi connectivity index (χ4v) is 3.32. The van der Waals surface area contributed by atoms with E-state index in [1.54, 1.807) is 36.9 Å². The number of thioether (sulfide) groups is 1. The summed E-state index contributed by atoms with van der Waals surface area (Å²) in [5, 5.41) is 8.84. The van der Waals surface area contributed by atoms with Gasteiger partial charge in [0.15, 0.2) is 11.5 Å². The predicted octanol–water partition coefficient (Wildman–Crippen LogP) is 3.28. The molecule has 0 radical (unpaired) electrons. The molecule has 140 valence electrons. The minimum Gasteiger partial charge on any atom is -0.493 e. The summed E-state index contributed by atoms with van der Waals surface area (Å²) < 4.78 is 12.1. The Hall–Kier alpha value is -3.00. The maximum atomic E-state index is 12.7. The molecular formula is C19H20N4O3S. The van der Waals surface area contributed by atoms with Crippen LogP contribution in [0.25, 0.3) is 0 Å². The number of carbonyl (C=O) groups is 1. The summed E-state index contributed by atoms with van der Waals surface area (Å²) in [6.45, 7) is 1.79. The summed E-state index contributed by atoms with van der Waals surface area (Å²) >= 11 is 1.50. The standard InChI is InChI=1S/C19H20N4O3S/c1-13-20-21-19(27-12-14-7-5-4-6-8-14)23(13)22-18(24)15-9-10-16(25-2)17(11-15)26-3/h4-11H,12H2,1-3H3,(H,22,24). The molecule has 0 aliphatic carbocycles. The second-order valence-electron chi connectivity index (χ2n) is 5.65. The van der Waals surface area contributed by atoms with Gasteiger partial charge in [-0.25, -0.2) is 4.68 Å². The molecule has 8 heteroatoms. The topological polar surface area (TPSA) is 78.3 Å². The van der Waals surface area contributed by atoms with E-state index in [1.165, 1.54) is 24.4 Å². The van der Waals surface area contributed by atoms with Crippen LogP contribution in [-0.4, -0.2) is 35.0 Å². The summed E-state index contributed by atoms with van der Waals surface area (Å²) in [6.07, 6.45) is 0. The summed E-state index contributed by atoms with van der Waals surface area (Å²) in [7, 11) is 3.08. The normalized spacial score (nSPS) is 10.5. The molecule has 0 aliphatic heterocycles. The number of ether oxygens (including phenoxy) is 2. The Morgan fingerprint density at radius 1 is 1.07 bits per heavy atom. The molecule has 1 N–H and O–H groups in total. The Kier molecular flexibility index (Phi) is 5.97. The van der Waals surface area contributed by atoms with Crippen LogP contribution >= 0.6 is 11.8 Å². The van der Waals surface area contributed by atoms with Crippen molar-refractivity contribution in [3.8, 4) is 11.5 Å². The number of aromatic nitrogens is 3. The average molecular weight is 384 g/mol. The zero-order valence-corrected chi connectivity index (χ0v) is 16.1. The van der Waals surface area contributed by atoms with Crippen LogP contribution in [0.15, 0.2) is 53.7 Å². The zero-order chi connectivity index (χ0) is 19.2. The van der Waals surface area contributed by atoms with Crippen LogP contribution < -0.4 is 14.9 Å². The summed E-state index contributed by atoms with van der Waals surface area (Å²) in [5.74, 6) is 2.09. The Morgan fingerprint density at radius 2 is 1.81 bits per heavy atom. The second kappa shape index (κ2) is 8.59. The molecule has 0 spiro atoms. The first kappa shape index (κ1) is 18.8. The monoisotopic (exact) mass is 384 g/mol. The number of nitrogens with zero attached hydrogens (tertiary/aromatic N) is 3. The van der Waals surface area contributed by atoms with E-state index < -0.39 is 0 Å². The van der Waals surface area contributed by atoms with E-state index in [9.17, 15) is 4.79 Å². The van der Waals surface area contributed by atoms with Gasteiger partial charge in [0.05, 0.1) is 14.2 Å². The van der Waals surface area contributed by atoms with Crippen molar-refractivity contribution in [3.05, 3.63) is 65.5 Å². The van der Waals surface area contributed by atoms with Gasteiger partial charge in [-0.2, -0.15) is 0 Å². The molecule has 0 atom stereocenters. The first-order chi connectivity index (χ1) is 13.1. The Bertz CT molecular complexity index is 928. The van der Waals surface area contributed by atoms with Crippen molar-refractivity contribution in [3.63, 3.8) is 0 Å². The van der Waals surface area contributed by atoms with Gasteiger partial charge in [0, 0.05) is 11.3 Å². The highest BCUT2D eigenvalue weighted by atomic mass is 32.2. The maximum Gasteiger partial charge on any atom is 0.270 e. The number of carbonyl (C=O) groups excluding carboxylic acids is 1. The lowest BCUT2D eigenvalue weighted by Gasteiger charge is -2.12. The van der Waals surface area contributed by atoms with E-state index in [0.717, 1.165) is 5.75 Å². The van der Waals surface area contributed by atoms with Crippen molar-refractivity contribution >= 4 is 17.7 Å². The largest absolute Gasteiger partial charge is 0.493 e. The highest BCUT2D eigenvalue weighted by Gasteiger charge is 2.15. The van der Waals surface area contributed by atoms with Gasteiger partial charge < -0.3 is 9.47 Å². The number of nitrogens with one attached hydrogen (secondary N) is 1. The molecular weight excluding hydrogens is 364 g/mol. The third-order valence-electron chi connectivity index (χ3n) is 3.86. The van der Waals surface area contributed by atoms with Crippen LogP contribution in [-0.2, 0) is 5.75 Å². The second-order valence-corrected chi connectivity index (χ2v) is 6.59. The molecule has 0 bridgehead atoms. The van der Waals surface area contributed by atoms with E-state index in [0.29, 0.717) is 28.0 Å². The van der Waals surface area contributed by atoms with Crippen LogP contribution in [0.2, 0.25) is 0 Å². The summed E-state index contributed by atoms with van der Waals surface area (Å²) in [6, 6.07) is 15.0. The number of benzene rings is 2. The smallest absolute Gasteiger partial charge is 0.270 e. The van der Waals surface area contributed by atoms with Gasteiger partial charge in [-0.15, -0.1) is 10.2 Å². The molecule has 0 aliphatic rings. The molecule has 1 heterocycles. The van der Waals surface area contributed by atoms with Gasteiger partial charge in [0.25, 0.3) is 5.91 Å². The maximum absolute atomic E-state index is 12.7. The molecule has 2 aromatic carbocycles. The highest BCUT2D eigenvalue weighted by Crippen LogP contribution is 2.28. The number of methoxy groups -OCH3 is 2. The lowest BCUT2D eigenvalue weighted by atomic mass is 10.2. The van der Waals surface area contributed by atoms with Crippen molar-refractivity contribution in [1.29, 1.82) is 0 Å². The van der Waals surface area contributed by atoms with Crippen LogP contribution in [0.5, 0.6) is 11.5 Å². The number of rotatable bonds is 7. The molecule has 7 nitrogen and oxygen atoms in total. The van der Waals surface area contributed by atoms with Gasteiger partial charge in [-0.1, -0.05) is 42.1 Å². The predicted molar refractivity (Wildman–Crippen MR) is 104 cm³/mol. The molecule has 3 rings (SSSR count). The highest BCUT2D eigenvalue weighted by molar-refractivity contribution is 7.98. The minimum atomic E-state index is -0.291. The van der Waals surface area contributed by atoms with Gasteiger partial charge in [-0.05, 0) is 30.7 Å². The fraction of sp³-hybridized carbons (Fsp3) is 0.211. The van der Waals surface area contributed by atoms with E-state index in [-0.39, 0.29) is 5.91 Å². The van der Waals surface area contributed by atoms with E-state index in [2.05, 4.69) is 15.6 Å². The van der Waals surface area contributed by atoms with Crippen molar-refractivity contribution in [2.24, 2.45) is 0 Å². The van der Waals surface area contributed by atoms with Crippen molar-refractivity contribution < 1.29 is 14.3 Å². The third-order valence-corrected chi connectivity index (χ3v) is 4.87. The van der Waals surface area contributed by atoms with Crippen molar-refractivity contribution in [2.45, 2.75) is 17.8 Å².